The van der Waals surface area contributed by atoms with Gasteiger partial charge >= 0.3 is 0 Å². The third kappa shape index (κ3) is 3.26. The molecule has 6 nitrogen and oxygen atoms in total. The Bertz CT molecular complexity index is 916. The topological polar surface area (TPSA) is 79.5 Å². The third-order valence-electron chi connectivity index (χ3n) is 4.12. The molecular formula is C20H21N3O3. The predicted octanol–water partition coefficient (Wildman–Crippen LogP) is 3.73. The molecule has 2 N–H and O–H groups in total. The van der Waals surface area contributed by atoms with Crippen LogP contribution in [0.4, 0.5) is 5.95 Å². The molecule has 6 heteroatoms. The van der Waals surface area contributed by atoms with Crippen molar-refractivity contribution in [3.05, 3.63) is 48.0 Å². The minimum Gasteiger partial charge on any atom is -0.493 e. The van der Waals surface area contributed by atoms with E-state index in [1.54, 1.807) is 21.3 Å². The highest BCUT2D eigenvalue weighted by atomic mass is 16.5. The van der Waals surface area contributed by atoms with Crippen LogP contribution in [0.25, 0.3) is 22.5 Å². The molecule has 0 unspecified atom stereocenters. The molecule has 2 aromatic carbocycles. The van der Waals surface area contributed by atoms with Crippen LogP contribution >= 0.6 is 0 Å². The lowest BCUT2D eigenvalue weighted by Gasteiger charge is -2.14. The Balaban J connectivity index is 2.18. The second kappa shape index (κ2) is 7.31. The van der Waals surface area contributed by atoms with Crippen molar-refractivity contribution in [1.29, 1.82) is 0 Å². The summed E-state index contributed by atoms with van der Waals surface area (Å²) >= 11 is 0. The first kappa shape index (κ1) is 17.5. The van der Waals surface area contributed by atoms with Crippen LogP contribution in [0.2, 0.25) is 0 Å². The van der Waals surface area contributed by atoms with E-state index in [0.717, 1.165) is 22.4 Å². The molecule has 26 heavy (non-hydrogen) atoms. The number of anilines is 1. The number of nitrogen functional groups attached to an aromatic ring is 1. The Morgan fingerprint density at radius 1 is 0.808 bits per heavy atom. The summed E-state index contributed by atoms with van der Waals surface area (Å²) in [4.78, 5) is 8.77. The van der Waals surface area contributed by atoms with Crippen LogP contribution in [0.3, 0.4) is 0 Å². The van der Waals surface area contributed by atoms with Gasteiger partial charge in [-0.1, -0.05) is 24.3 Å². The summed E-state index contributed by atoms with van der Waals surface area (Å²) in [5.74, 6) is 1.84. The predicted molar refractivity (Wildman–Crippen MR) is 102 cm³/mol. The number of nitrogens with two attached hydrogens (primary N) is 1. The molecule has 0 aliphatic carbocycles. The summed E-state index contributed by atoms with van der Waals surface area (Å²) in [6.07, 6.45) is 0. The fourth-order valence-corrected chi connectivity index (χ4v) is 2.84. The van der Waals surface area contributed by atoms with Crippen molar-refractivity contribution in [3.8, 4) is 39.8 Å². The SMILES string of the molecule is COc1cc(-c2cc(-c3ccccc3C)nc(N)n2)cc(OC)c1OC. The molecule has 0 aliphatic rings. The summed E-state index contributed by atoms with van der Waals surface area (Å²) in [6, 6.07) is 13.6. The summed E-state index contributed by atoms with van der Waals surface area (Å²) in [7, 11) is 4.72. The highest BCUT2D eigenvalue weighted by molar-refractivity contribution is 5.74. The maximum absolute atomic E-state index is 5.97. The van der Waals surface area contributed by atoms with E-state index < -0.39 is 0 Å². The van der Waals surface area contributed by atoms with E-state index in [4.69, 9.17) is 19.9 Å². The average molecular weight is 351 g/mol. The molecule has 0 spiro atoms. The maximum atomic E-state index is 5.97. The van der Waals surface area contributed by atoms with Crippen molar-refractivity contribution in [3.63, 3.8) is 0 Å². The Morgan fingerprint density at radius 2 is 1.42 bits per heavy atom. The summed E-state index contributed by atoms with van der Waals surface area (Å²) in [5.41, 5.74) is 10.3. The van der Waals surface area contributed by atoms with E-state index in [0.29, 0.717) is 22.9 Å². The van der Waals surface area contributed by atoms with Gasteiger partial charge in [0, 0.05) is 11.1 Å². The van der Waals surface area contributed by atoms with E-state index in [1.165, 1.54) is 0 Å². The minimum absolute atomic E-state index is 0.203. The van der Waals surface area contributed by atoms with E-state index in [-0.39, 0.29) is 5.95 Å². The maximum Gasteiger partial charge on any atom is 0.221 e. The lowest BCUT2D eigenvalue weighted by molar-refractivity contribution is 0.324. The van der Waals surface area contributed by atoms with Crippen LogP contribution in [-0.4, -0.2) is 31.3 Å². The Kier molecular flexibility index (Phi) is 4.93. The lowest BCUT2D eigenvalue weighted by Crippen LogP contribution is -2.00. The zero-order valence-electron chi connectivity index (χ0n) is 15.2. The van der Waals surface area contributed by atoms with E-state index >= 15 is 0 Å². The van der Waals surface area contributed by atoms with Gasteiger partial charge in [0.05, 0.1) is 32.7 Å². The number of aryl methyl sites for hydroxylation is 1. The molecule has 0 atom stereocenters. The van der Waals surface area contributed by atoms with Gasteiger partial charge in [0.1, 0.15) is 0 Å². The molecule has 1 aromatic heterocycles. The number of methoxy groups -OCH3 is 3. The van der Waals surface area contributed by atoms with Crippen LogP contribution in [-0.2, 0) is 0 Å². The number of hydrogen-bond acceptors (Lipinski definition) is 6. The second-order valence-corrected chi connectivity index (χ2v) is 5.73. The van der Waals surface area contributed by atoms with E-state index in [2.05, 4.69) is 9.97 Å². The van der Waals surface area contributed by atoms with Gasteiger partial charge in [-0.2, -0.15) is 0 Å². The zero-order chi connectivity index (χ0) is 18.7. The summed E-state index contributed by atoms with van der Waals surface area (Å²) < 4.78 is 16.2. The molecule has 0 bridgehead atoms. The Hall–Kier alpha value is -3.28. The normalized spacial score (nSPS) is 10.5. The van der Waals surface area contributed by atoms with Crippen molar-refractivity contribution in [2.75, 3.05) is 27.1 Å². The van der Waals surface area contributed by atoms with E-state index in [9.17, 15) is 0 Å². The van der Waals surface area contributed by atoms with Crippen LogP contribution < -0.4 is 19.9 Å². The Morgan fingerprint density at radius 3 is 2.00 bits per heavy atom. The molecule has 0 saturated heterocycles. The summed E-state index contributed by atoms with van der Waals surface area (Å²) in [6.45, 7) is 2.03. The monoisotopic (exact) mass is 351 g/mol. The van der Waals surface area contributed by atoms with Crippen LogP contribution in [0.15, 0.2) is 42.5 Å². The number of rotatable bonds is 5. The third-order valence-corrected chi connectivity index (χ3v) is 4.12. The zero-order valence-corrected chi connectivity index (χ0v) is 15.2. The van der Waals surface area contributed by atoms with Crippen molar-refractivity contribution < 1.29 is 14.2 Å². The average Bonchev–Trinajstić information content (AvgIpc) is 2.66. The van der Waals surface area contributed by atoms with E-state index in [1.807, 2.05) is 49.4 Å². The number of hydrogen-bond donors (Lipinski definition) is 1. The van der Waals surface area contributed by atoms with Crippen molar-refractivity contribution >= 4 is 5.95 Å². The molecular weight excluding hydrogens is 330 g/mol. The first-order valence-corrected chi connectivity index (χ1v) is 8.08. The molecule has 3 rings (SSSR count). The molecule has 1 heterocycles. The highest BCUT2D eigenvalue weighted by Crippen LogP contribution is 2.41. The van der Waals surface area contributed by atoms with Crippen molar-refractivity contribution in [2.24, 2.45) is 0 Å². The van der Waals surface area contributed by atoms with Gasteiger partial charge in [0.25, 0.3) is 0 Å². The quantitative estimate of drug-likeness (QED) is 0.754. The summed E-state index contributed by atoms with van der Waals surface area (Å²) in [5, 5.41) is 0. The minimum atomic E-state index is 0.203. The first-order valence-electron chi connectivity index (χ1n) is 8.08. The fraction of sp³-hybridized carbons (Fsp3) is 0.200. The molecule has 3 aromatic rings. The molecule has 0 fully saturated rings. The van der Waals surface area contributed by atoms with Gasteiger partial charge < -0.3 is 19.9 Å². The number of ether oxygens (including phenoxy) is 3. The van der Waals surface area contributed by atoms with Crippen LogP contribution in [0, 0.1) is 6.92 Å². The number of aromatic nitrogens is 2. The second-order valence-electron chi connectivity index (χ2n) is 5.73. The van der Waals surface area contributed by atoms with Gasteiger partial charge in [0.15, 0.2) is 11.5 Å². The molecule has 0 saturated carbocycles. The molecule has 134 valence electrons. The van der Waals surface area contributed by atoms with Gasteiger partial charge in [0.2, 0.25) is 11.7 Å². The largest absolute Gasteiger partial charge is 0.493 e. The molecule has 0 radical (unpaired) electrons. The standard InChI is InChI=1S/C20H21N3O3/c1-12-7-5-6-8-14(12)16-11-15(22-20(21)23-16)13-9-17(24-2)19(26-4)18(10-13)25-3/h5-11H,1-4H3,(H2,21,22,23). The molecule has 0 aliphatic heterocycles. The molecule has 0 amide bonds. The number of benzene rings is 2. The highest BCUT2D eigenvalue weighted by Gasteiger charge is 2.16. The lowest BCUT2D eigenvalue weighted by atomic mass is 10.0. The number of nitrogens with zero attached hydrogens (tertiary/aromatic N) is 2. The van der Waals surface area contributed by atoms with Gasteiger partial charge in [-0.15, -0.1) is 0 Å². The van der Waals surface area contributed by atoms with Crippen molar-refractivity contribution in [2.45, 2.75) is 6.92 Å². The van der Waals surface area contributed by atoms with Gasteiger partial charge in [-0.05, 0) is 30.7 Å². The fourth-order valence-electron chi connectivity index (χ4n) is 2.84. The van der Waals surface area contributed by atoms with Gasteiger partial charge in [-0.3, -0.25) is 0 Å². The van der Waals surface area contributed by atoms with Crippen LogP contribution in [0.5, 0.6) is 17.2 Å². The smallest absolute Gasteiger partial charge is 0.221 e. The van der Waals surface area contributed by atoms with Crippen LogP contribution in [0.1, 0.15) is 5.56 Å². The Labute approximate surface area is 152 Å². The van der Waals surface area contributed by atoms with Gasteiger partial charge in [-0.25, -0.2) is 9.97 Å². The first-order chi connectivity index (χ1) is 12.6. The van der Waals surface area contributed by atoms with Crippen molar-refractivity contribution in [1.82, 2.24) is 9.97 Å².